The van der Waals surface area contributed by atoms with Crippen molar-refractivity contribution in [3.05, 3.63) is 52.4 Å². The molecular weight excluding hydrogens is 445 g/mol. The number of carbonyl (C=O) groups is 2. The fourth-order valence-corrected chi connectivity index (χ4v) is 3.22. The van der Waals surface area contributed by atoms with Crippen LogP contribution in [-0.4, -0.2) is 52.1 Å². The number of H-pyrrole nitrogens is 1. The molecule has 3 aromatic rings. The lowest BCUT2D eigenvalue weighted by Gasteiger charge is -2.11. The van der Waals surface area contributed by atoms with Gasteiger partial charge in [-0.1, -0.05) is 0 Å². The first-order valence-electron chi connectivity index (χ1n) is 9.45. The van der Waals surface area contributed by atoms with Gasteiger partial charge in [0.15, 0.2) is 5.82 Å². The van der Waals surface area contributed by atoms with Crippen molar-refractivity contribution in [3.63, 3.8) is 0 Å². The van der Waals surface area contributed by atoms with E-state index in [1.54, 1.807) is 6.07 Å². The topological polar surface area (TPSA) is 128 Å². The van der Waals surface area contributed by atoms with Gasteiger partial charge < -0.3 is 24.5 Å². The normalized spacial score (nSPS) is 12.8. The highest BCUT2D eigenvalue weighted by Gasteiger charge is 2.23. The van der Waals surface area contributed by atoms with Gasteiger partial charge in [-0.05, 0) is 23.7 Å². The first kappa shape index (κ1) is 21.7. The minimum atomic E-state index is -0.761. The largest absolute Gasteiger partial charge is 0.467 e. The summed E-state index contributed by atoms with van der Waals surface area (Å²) in [7, 11) is 1.24. The SMILES string of the molecule is COC(=O)COCc1cnc(Cl)nc1Oc1nccc(-c2cc3c([nH]2)CCNC3=O)c1F. The van der Waals surface area contributed by atoms with Gasteiger partial charge in [0.1, 0.15) is 6.61 Å². The first-order valence-corrected chi connectivity index (χ1v) is 9.83. The lowest BCUT2D eigenvalue weighted by Crippen LogP contribution is -2.31. The predicted molar refractivity (Wildman–Crippen MR) is 109 cm³/mol. The maximum absolute atomic E-state index is 15.3. The Morgan fingerprint density at radius 2 is 2.12 bits per heavy atom. The number of nitrogens with one attached hydrogen (secondary N) is 2. The molecule has 2 N–H and O–H groups in total. The van der Waals surface area contributed by atoms with Crippen molar-refractivity contribution < 1.29 is 28.2 Å². The van der Waals surface area contributed by atoms with Gasteiger partial charge in [0.25, 0.3) is 11.8 Å². The maximum Gasteiger partial charge on any atom is 0.331 e. The molecule has 0 aliphatic carbocycles. The van der Waals surface area contributed by atoms with E-state index in [0.717, 1.165) is 5.69 Å². The number of carbonyl (C=O) groups excluding carboxylic acids is 2. The van der Waals surface area contributed by atoms with Crippen molar-refractivity contribution >= 4 is 23.5 Å². The van der Waals surface area contributed by atoms with Crippen LogP contribution < -0.4 is 10.1 Å². The Morgan fingerprint density at radius 3 is 2.91 bits per heavy atom. The average Bonchev–Trinajstić information content (AvgIpc) is 3.22. The number of aromatic nitrogens is 4. The summed E-state index contributed by atoms with van der Waals surface area (Å²) in [6.45, 7) is 0.0986. The van der Waals surface area contributed by atoms with Crippen LogP contribution in [0.3, 0.4) is 0 Å². The zero-order valence-corrected chi connectivity index (χ0v) is 17.5. The number of pyridine rings is 1. The van der Waals surface area contributed by atoms with Crippen molar-refractivity contribution in [3.8, 4) is 23.0 Å². The number of amides is 1. The van der Waals surface area contributed by atoms with Crippen LogP contribution >= 0.6 is 11.6 Å². The number of aromatic amines is 1. The molecule has 166 valence electrons. The minimum absolute atomic E-state index is 0.0800. The summed E-state index contributed by atoms with van der Waals surface area (Å²) in [5.41, 5.74) is 2.10. The molecule has 12 heteroatoms. The number of hydrogen-bond acceptors (Lipinski definition) is 8. The van der Waals surface area contributed by atoms with Gasteiger partial charge in [-0.15, -0.1) is 0 Å². The van der Waals surface area contributed by atoms with Crippen LogP contribution in [0.15, 0.2) is 24.5 Å². The lowest BCUT2D eigenvalue weighted by molar-refractivity contribution is -0.146. The van der Waals surface area contributed by atoms with Crippen LogP contribution in [0.2, 0.25) is 5.28 Å². The zero-order chi connectivity index (χ0) is 22.7. The zero-order valence-electron chi connectivity index (χ0n) is 16.8. The Kier molecular flexibility index (Phi) is 6.28. The van der Waals surface area contributed by atoms with E-state index in [0.29, 0.717) is 29.8 Å². The summed E-state index contributed by atoms with van der Waals surface area (Å²) in [4.78, 5) is 38.1. The molecule has 1 aliphatic rings. The second-order valence-electron chi connectivity index (χ2n) is 6.70. The third-order valence-corrected chi connectivity index (χ3v) is 4.83. The van der Waals surface area contributed by atoms with Crippen molar-refractivity contribution in [2.24, 2.45) is 0 Å². The Balaban J connectivity index is 1.60. The molecule has 0 bridgehead atoms. The molecular formula is C20H17ClFN5O5. The van der Waals surface area contributed by atoms with Crippen LogP contribution in [0, 0.1) is 5.82 Å². The fraction of sp³-hybridized carbons (Fsp3) is 0.250. The molecule has 10 nitrogen and oxygen atoms in total. The van der Waals surface area contributed by atoms with E-state index in [4.69, 9.17) is 21.1 Å². The van der Waals surface area contributed by atoms with Crippen LogP contribution in [0.5, 0.6) is 11.8 Å². The van der Waals surface area contributed by atoms with Gasteiger partial charge in [0, 0.05) is 42.3 Å². The summed E-state index contributed by atoms with van der Waals surface area (Å²) < 4.78 is 30.6. The molecule has 0 atom stereocenters. The van der Waals surface area contributed by atoms with Crippen LogP contribution in [0.4, 0.5) is 4.39 Å². The number of nitrogens with zero attached hydrogens (tertiary/aromatic N) is 3. The second kappa shape index (κ2) is 9.28. The summed E-state index contributed by atoms with van der Waals surface area (Å²) >= 11 is 5.85. The first-order chi connectivity index (χ1) is 15.5. The standard InChI is InChI=1S/C20H17ClFN5O5/c1-30-15(28)9-31-8-10-7-25-20(21)27-18(10)32-19-16(22)11(2-4-24-19)14-6-12-13(26-14)3-5-23-17(12)29/h2,4,6-7,26H,3,5,8-9H2,1H3,(H,23,29). The smallest absolute Gasteiger partial charge is 0.331 e. The summed E-state index contributed by atoms with van der Waals surface area (Å²) in [5, 5.41) is 2.61. The van der Waals surface area contributed by atoms with Crippen molar-refractivity contribution in [1.29, 1.82) is 0 Å². The number of halogens is 2. The highest BCUT2D eigenvalue weighted by Crippen LogP contribution is 2.32. The average molecular weight is 462 g/mol. The summed E-state index contributed by atoms with van der Waals surface area (Å²) in [6, 6.07) is 3.05. The second-order valence-corrected chi connectivity index (χ2v) is 7.04. The quantitative estimate of drug-likeness (QED) is 0.405. The maximum atomic E-state index is 15.3. The molecule has 0 aromatic carbocycles. The lowest BCUT2D eigenvalue weighted by atomic mass is 10.1. The van der Waals surface area contributed by atoms with Crippen LogP contribution in [0.25, 0.3) is 11.3 Å². The molecule has 1 aliphatic heterocycles. The van der Waals surface area contributed by atoms with E-state index in [1.807, 2.05) is 0 Å². The number of ether oxygens (including phenoxy) is 3. The highest BCUT2D eigenvalue weighted by molar-refractivity contribution is 6.28. The van der Waals surface area contributed by atoms with Gasteiger partial charge >= 0.3 is 5.97 Å². The van der Waals surface area contributed by atoms with Crippen molar-refractivity contribution in [2.75, 3.05) is 20.3 Å². The van der Waals surface area contributed by atoms with Crippen molar-refractivity contribution in [1.82, 2.24) is 25.3 Å². The number of rotatable bonds is 7. The van der Waals surface area contributed by atoms with Crippen LogP contribution in [-0.2, 0) is 27.3 Å². The molecule has 32 heavy (non-hydrogen) atoms. The minimum Gasteiger partial charge on any atom is -0.467 e. The molecule has 4 rings (SSSR count). The Labute approximate surface area is 186 Å². The highest BCUT2D eigenvalue weighted by atomic mass is 35.5. The number of hydrogen-bond donors (Lipinski definition) is 2. The molecule has 0 spiro atoms. The molecule has 0 fully saturated rings. The monoisotopic (exact) mass is 461 g/mol. The number of fused-ring (bicyclic) bond motifs is 1. The van der Waals surface area contributed by atoms with Gasteiger partial charge in [-0.2, -0.15) is 4.98 Å². The van der Waals surface area contributed by atoms with E-state index < -0.39 is 11.8 Å². The third-order valence-electron chi connectivity index (χ3n) is 4.65. The van der Waals surface area contributed by atoms with E-state index in [-0.39, 0.29) is 41.7 Å². The van der Waals surface area contributed by atoms with Crippen LogP contribution in [0.1, 0.15) is 21.6 Å². The molecule has 0 radical (unpaired) electrons. The fourth-order valence-electron chi connectivity index (χ4n) is 3.10. The van der Waals surface area contributed by atoms with Gasteiger partial charge in [-0.3, -0.25) is 4.79 Å². The molecule has 4 heterocycles. The van der Waals surface area contributed by atoms with E-state index in [1.165, 1.54) is 25.6 Å². The molecule has 0 unspecified atom stereocenters. The predicted octanol–water partition coefficient (Wildman–Crippen LogP) is 2.43. The van der Waals surface area contributed by atoms with E-state index >= 15 is 4.39 Å². The van der Waals surface area contributed by atoms with E-state index in [2.05, 4.69) is 30.0 Å². The summed E-state index contributed by atoms with van der Waals surface area (Å²) in [6.07, 6.45) is 3.32. The third kappa shape index (κ3) is 4.53. The van der Waals surface area contributed by atoms with Crippen molar-refractivity contribution in [2.45, 2.75) is 13.0 Å². The van der Waals surface area contributed by atoms with E-state index in [9.17, 15) is 9.59 Å². The van der Waals surface area contributed by atoms with Gasteiger partial charge in [-0.25, -0.2) is 19.2 Å². The number of esters is 1. The molecule has 0 saturated carbocycles. The van der Waals surface area contributed by atoms with Gasteiger partial charge in [0.2, 0.25) is 11.2 Å². The Bertz CT molecular complexity index is 1190. The molecule has 0 saturated heterocycles. The Hall–Kier alpha value is -3.57. The molecule has 3 aromatic heterocycles. The summed E-state index contributed by atoms with van der Waals surface area (Å²) in [5.74, 6) is -1.98. The number of methoxy groups -OCH3 is 1. The Morgan fingerprint density at radius 1 is 1.28 bits per heavy atom. The van der Waals surface area contributed by atoms with Gasteiger partial charge in [0.05, 0.1) is 24.8 Å². The molecule has 1 amide bonds.